The van der Waals surface area contributed by atoms with Crippen LogP contribution in [0.1, 0.15) is 12.7 Å². The van der Waals surface area contributed by atoms with Crippen molar-refractivity contribution in [1.82, 2.24) is 9.97 Å². The molecule has 2 nitrogen and oxygen atoms in total. The smallest absolute Gasteiger partial charge is 0.133 e. The summed E-state index contributed by atoms with van der Waals surface area (Å²) in [6.07, 6.45) is 0.782. The maximum absolute atomic E-state index is 5.96. The minimum absolute atomic E-state index is 0.492. The van der Waals surface area contributed by atoms with Crippen molar-refractivity contribution in [2.24, 2.45) is 0 Å². The topological polar surface area (TPSA) is 25.8 Å². The first-order valence-corrected chi connectivity index (χ1v) is 7.13. The van der Waals surface area contributed by atoms with Gasteiger partial charge in [0.1, 0.15) is 16.0 Å². The predicted molar refractivity (Wildman–Crippen MR) is 74.7 cm³/mol. The van der Waals surface area contributed by atoms with Crippen LogP contribution >= 0.6 is 39.3 Å². The first kappa shape index (κ1) is 12.9. The van der Waals surface area contributed by atoms with Gasteiger partial charge < -0.3 is 0 Å². The van der Waals surface area contributed by atoms with Gasteiger partial charge in [-0.2, -0.15) is 0 Å². The van der Waals surface area contributed by atoms with Crippen molar-refractivity contribution in [2.45, 2.75) is 23.3 Å². The molecule has 88 valence electrons. The average Bonchev–Trinajstić information content (AvgIpc) is 2.31. The Kier molecular flexibility index (Phi) is 4.42. The minimum Gasteiger partial charge on any atom is -0.226 e. The zero-order valence-electron chi connectivity index (χ0n) is 9.15. The summed E-state index contributed by atoms with van der Waals surface area (Å²) in [5.74, 6) is 0.770. The molecule has 0 unspecified atom stereocenters. The van der Waals surface area contributed by atoms with E-state index in [1.807, 2.05) is 31.2 Å². The summed E-state index contributed by atoms with van der Waals surface area (Å²) in [6, 6.07) is 9.81. The fourth-order valence-corrected chi connectivity index (χ4v) is 2.94. The maximum Gasteiger partial charge on any atom is 0.133 e. The van der Waals surface area contributed by atoms with Crippen LogP contribution < -0.4 is 0 Å². The molecule has 0 saturated heterocycles. The van der Waals surface area contributed by atoms with Gasteiger partial charge in [-0.05, 0) is 28.1 Å². The van der Waals surface area contributed by atoms with E-state index in [-0.39, 0.29) is 0 Å². The van der Waals surface area contributed by atoms with E-state index in [1.165, 1.54) is 0 Å². The van der Waals surface area contributed by atoms with Crippen LogP contribution in [0.25, 0.3) is 0 Å². The molecule has 5 heteroatoms. The normalized spacial score (nSPS) is 10.5. The van der Waals surface area contributed by atoms with Gasteiger partial charge in [0.15, 0.2) is 0 Å². The van der Waals surface area contributed by atoms with E-state index in [1.54, 1.807) is 17.8 Å². The highest BCUT2D eigenvalue weighted by molar-refractivity contribution is 9.10. The van der Waals surface area contributed by atoms with Crippen molar-refractivity contribution in [3.8, 4) is 0 Å². The SMILES string of the molecule is CCc1nc(Cl)cc(Sc2ccccc2Br)n1. The Morgan fingerprint density at radius 3 is 2.76 bits per heavy atom. The summed E-state index contributed by atoms with van der Waals surface area (Å²) in [5, 5.41) is 1.36. The number of halogens is 2. The summed E-state index contributed by atoms with van der Waals surface area (Å²) >= 11 is 11.0. The van der Waals surface area contributed by atoms with Crippen molar-refractivity contribution in [3.05, 3.63) is 45.8 Å². The van der Waals surface area contributed by atoms with Crippen molar-refractivity contribution in [1.29, 1.82) is 0 Å². The zero-order chi connectivity index (χ0) is 12.3. The number of benzene rings is 1. The Balaban J connectivity index is 2.30. The van der Waals surface area contributed by atoms with Gasteiger partial charge in [0.25, 0.3) is 0 Å². The molecular formula is C12H10BrClN2S. The highest BCUT2D eigenvalue weighted by Gasteiger charge is 2.06. The van der Waals surface area contributed by atoms with Crippen molar-refractivity contribution in [3.63, 3.8) is 0 Å². The van der Waals surface area contributed by atoms with E-state index >= 15 is 0 Å². The number of aromatic nitrogens is 2. The Bertz CT molecular complexity index is 534. The molecule has 0 aliphatic heterocycles. The van der Waals surface area contributed by atoms with Gasteiger partial charge in [-0.1, -0.05) is 42.4 Å². The first-order valence-electron chi connectivity index (χ1n) is 5.15. The summed E-state index contributed by atoms with van der Waals surface area (Å²) in [5.41, 5.74) is 0. The van der Waals surface area contributed by atoms with Crippen LogP contribution in [0.3, 0.4) is 0 Å². The van der Waals surface area contributed by atoms with Gasteiger partial charge in [-0.15, -0.1) is 0 Å². The third kappa shape index (κ3) is 3.44. The largest absolute Gasteiger partial charge is 0.226 e. The highest BCUT2D eigenvalue weighted by atomic mass is 79.9. The van der Waals surface area contributed by atoms with Gasteiger partial charge in [-0.3, -0.25) is 0 Å². The van der Waals surface area contributed by atoms with Crippen LogP contribution in [-0.4, -0.2) is 9.97 Å². The monoisotopic (exact) mass is 328 g/mol. The quantitative estimate of drug-likeness (QED) is 0.769. The molecule has 0 aliphatic rings. The molecule has 2 aromatic rings. The molecule has 0 atom stereocenters. The molecule has 0 spiro atoms. The third-order valence-corrected chi connectivity index (χ3v) is 4.23. The summed E-state index contributed by atoms with van der Waals surface area (Å²) in [7, 11) is 0. The molecule has 0 aliphatic carbocycles. The molecule has 0 amide bonds. The standard InChI is InChI=1S/C12H10BrClN2S/c1-2-11-15-10(14)7-12(16-11)17-9-6-4-3-5-8(9)13/h3-7H,2H2,1H3. The molecule has 2 rings (SSSR count). The van der Waals surface area contributed by atoms with Crippen LogP contribution in [0.15, 0.2) is 44.7 Å². The van der Waals surface area contributed by atoms with E-state index in [2.05, 4.69) is 25.9 Å². The van der Waals surface area contributed by atoms with Crippen LogP contribution in [0, 0.1) is 0 Å². The van der Waals surface area contributed by atoms with Gasteiger partial charge in [-0.25, -0.2) is 9.97 Å². The van der Waals surface area contributed by atoms with Crippen LogP contribution in [0.2, 0.25) is 5.15 Å². The Hall–Kier alpha value is -0.580. The Morgan fingerprint density at radius 1 is 1.29 bits per heavy atom. The number of hydrogen-bond acceptors (Lipinski definition) is 3. The fraction of sp³-hybridized carbons (Fsp3) is 0.167. The lowest BCUT2D eigenvalue weighted by Crippen LogP contribution is -1.94. The van der Waals surface area contributed by atoms with Gasteiger partial charge in [0.05, 0.1) is 0 Å². The van der Waals surface area contributed by atoms with Gasteiger partial charge >= 0.3 is 0 Å². The molecule has 0 bridgehead atoms. The predicted octanol–water partition coefficient (Wildman–Crippen LogP) is 4.61. The zero-order valence-corrected chi connectivity index (χ0v) is 12.3. The molecule has 1 aromatic carbocycles. The second kappa shape index (κ2) is 5.85. The van der Waals surface area contributed by atoms with Crippen molar-refractivity contribution in [2.75, 3.05) is 0 Å². The lowest BCUT2D eigenvalue weighted by Gasteiger charge is -2.05. The van der Waals surface area contributed by atoms with Crippen molar-refractivity contribution >= 4 is 39.3 Å². The van der Waals surface area contributed by atoms with Crippen LogP contribution in [-0.2, 0) is 6.42 Å². The summed E-state index contributed by atoms with van der Waals surface area (Å²) < 4.78 is 1.05. The van der Waals surface area contributed by atoms with E-state index in [9.17, 15) is 0 Å². The lowest BCUT2D eigenvalue weighted by atomic mass is 10.4. The first-order chi connectivity index (χ1) is 8.19. The van der Waals surface area contributed by atoms with E-state index in [0.29, 0.717) is 5.15 Å². The molecule has 17 heavy (non-hydrogen) atoms. The van der Waals surface area contributed by atoms with Crippen LogP contribution in [0.5, 0.6) is 0 Å². The fourth-order valence-electron chi connectivity index (χ4n) is 1.29. The van der Waals surface area contributed by atoms with Gasteiger partial charge in [0.2, 0.25) is 0 Å². The second-order valence-corrected chi connectivity index (χ2v) is 5.63. The molecule has 1 heterocycles. The Labute approximate surface area is 118 Å². The Morgan fingerprint density at radius 2 is 2.06 bits per heavy atom. The number of rotatable bonds is 3. The maximum atomic E-state index is 5.96. The molecule has 0 N–H and O–H groups in total. The van der Waals surface area contributed by atoms with E-state index in [0.717, 1.165) is 26.6 Å². The molecular weight excluding hydrogens is 320 g/mol. The molecule has 0 radical (unpaired) electrons. The number of aryl methyl sites for hydroxylation is 1. The molecule has 0 fully saturated rings. The highest BCUT2D eigenvalue weighted by Crippen LogP contribution is 2.32. The molecule has 1 aromatic heterocycles. The van der Waals surface area contributed by atoms with E-state index in [4.69, 9.17) is 11.6 Å². The third-order valence-electron chi connectivity index (χ3n) is 2.09. The second-order valence-electron chi connectivity index (χ2n) is 3.33. The lowest BCUT2D eigenvalue weighted by molar-refractivity contribution is 0.889. The average molecular weight is 330 g/mol. The number of nitrogens with zero attached hydrogens (tertiary/aromatic N) is 2. The minimum atomic E-state index is 0.492. The van der Waals surface area contributed by atoms with Crippen molar-refractivity contribution < 1.29 is 0 Å². The van der Waals surface area contributed by atoms with E-state index < -0.39 is 0 Å². The van der Waals surface area contributed by atoms with Crippen LogP contribution in [0.4, 0.5) is 0 Å². The summed E-state index contributed by atoms with van der Waals surface area (Å²) in [4.78, 5) is 9.70. The summed E-state index contributed by atoms with van der Waals surface area (Å²) in [6.45, 7) is 2.01. The van der Waals surface area contributed by atoms with Gasteiger partial charge in [0, 0.05) is 21.9 Å². The number of hydrogen-bond donors (Lipinski definition) is 0. The molecule has 0 saturated carbocycles.